The van der Waals surface area contributed by atoms with Crippen LogP contribution in [0.2, 0.25) is 0 Å². The second-order valence-electron chi connectivity index (χ2n) is 7.11. The Morgan fingerprint density at radius 1 is 0.806 bits per heavy atom. The summed E-state index contributed by atoms with van der Waals surface area (Å²) in [6, 6.07) is 24.2. The number of aromatic nitrogens is 2. The van der Waals surface area contributed by atoms with Crippen LogP contribution in [0.15, 0.2) is 72.8 Å². The van der Waals surface area contributed by atoms with Gasteiger partial charge in [-0.1, -0.05) is 42.5 Å². The Bertz CT molecular complexity index is 1150. The standard InChI is InChI=1S/C25H26N4O2/c1-30-20-13-12-19(23(16-20)31-2)17-27-25-28-22-11-7-6-10-21(22)24(29-25)26-15-14-18-8-4-3-5-9-18/h3-13,16H,14-15,17H2,1-2H3,(H2,26,27,28,29). The zero-order chi connectivity index (χ0) is 21.5. The van der Waals surface area contributed by atoms with E-state index in [0.29, 0.717) is 12.5 Å². The van der Waals surface area contributed by atoms with Gasteiger partial charge in [-0.25, -0.2) is 4.98 Å². The Kier molecular flexibility index (Phi) is 6.47. The van der Waals surface area contributed by atoms with Crippen molar-refractivity contribution in [1.29, 1.82) is 0 Å². The molecule has 0 amide bonds. The molecule has 0 spiro atoms. The van der Waals surface area contributed by atoms with E-state index in [1.807, 2.05) is 48.5 Å². The summed E-state index contributed by atoms with van der Waals surface area (Å²) in [5, 5.41) is 7.81. The molecule has 6 heteroatoms. The van der Waals surface area contributed by atoms with Crippen molar-refractivity contribution in [3.63, 3.8) is 0 Å². The third-order valence-electron chi connectivity index (χ3n) is 5.08. The summed E-state index contributed by atoms with van der Waals surface area (Å²) in [5.74, 6) is 2.91. The molecule has 0 atom stereocenters. The Balaban J connectivity index is 1.52. The van der Waals surface area contributed by atoms with E-state index in [2.05, 4.69) is 39.9 Å². The number of para-hydroxylation sites is 1. The van der Waals surface area contributed by atoms with Crippen molar-refractivity contribution in [2.45, 2.75) is 13.0 Å². The normalized spacial score (nSPS) is 10.6. The van der Waals surface area contributed by atoms with E-state index < -0.39 is 0 Å². The molecule has 0 bridgehead atoms. The lowest BCUT2D eigenvalue weighted by Gasteiger charge is -2.14. The van der Waals surface area contributed by atoms with Crippen LogP contribution in [0, 0.1) is 0 Å². The van der Waals surface area contributed by atoms with Crippen molar-refractivity contribution in [1.82, 2.24) is 9.97 Å². The van der Waals surface area contributed by atoms with Gasteiger partial charge in [0, 0.05) is 30.1 Å². The van der Waals surface area contributed by atoms with Crippen LogP contribution in [-0.4, -0.2) is 30.7 Å². The highest BCUT2D eigenvalue weighted by atomic mass is 16.5. The van der Waals surface area contributed by atoms with Crippen LogP contribution in [0.25, 0.3) is 10.9 Å². The van der Waals surface area contributed by atoms with Gasteiger partial charge in [0.05, 0.1) is 19.7 Å². The number of hydrogen-bond donors (Lipinski definition) is 2. The fourth-order valence-electron chi connectivity index (χ4n) is 3.43. The molecule has 0 saturated heterocycles. The third kappa shape index (κ3) is 5.04. The van der Waals surface area contributed by atoms with Crippen LogP contribution in [0.1, 0.15) is 11.1 Å². The van der Waals surface area contributed by atoms with Crippen LogP contribution in [0.5, 0.6) is 11.5 Å². The van der Waals surface area contributed by atoms with E-state index >= 15 is 0 Å². The van der Waals surface area contributed by atoms with Crippen LogP contribution < -0.4 is 20.1 Å². The molecule has 0 saturated carbocycles. The molecule has 4 aromatic rings. The molecule has 0 aliphatic rings. The molecule has 6 nitrogen and oxygen atoms in total. The molecule has 0 fully saturated rings. The van der Waals surface area contributed by atoms with Gasteiger partial charge < -0.3 is 20.1 Å². The number of methoxy groups -OCH3 is 2. The van der Waals surface area contributed by atoms with Gasteiger partial charge in [0.15, 0.2) is 0 Å². The molecular formula is C25H26N4O2. The minimum Gasteiger partial charge on any atom is -0.497 e. The monoisotopic (exact) mass is 414 g/mol. The molecular weight excluding hydrogens is 388 g/mol. The fraction of sp³-hybridized carbons (Fsp3) is 0.200. The summed E-state index contributed by atoms with van der Waals surface area (Å²) in [4.78, 5) is 9.42. The van der Waals surface area contributed by atoms with Crippen molar-refractivity contribution < 1.29 is 9.47 Å². The summed E-state index contributed by atoms with van der Waals surface area (Å²) < 4.78 is 10.8. The molecule has 0 aliphatic heterocycles. The van der Waals surface area contributed by atoms with Crippen LogP contribution in [0.3, 0.4) is 0 Å². The molecule has 2 N–H and O–H groups in total. The van der Waals surface area contributed by atoms with Crippen molar-refractivity contribution >= 4 is 22.7 Å². The molecule has 31 heavy (non-hydrogen) atoms. The number of hydrogen-bond acceptors (Lipinski definition) is 6. The quantitative estimate of drug-likeness (QED) is 0.405. The Hall–Kier alpha value is -3.80. The topological polar surface area (TPSA) is 68.3 Å². The Morgan fingerprint density at radius 2 is 1.61 bits per heavy atom. The van der Waals surface area contributed by atoms with Crippen molar-refractivity contribution in [3.05, 3.63) is 83.9 Å². The third-order valence-corrected chi connectivity index (χ3v) is 5.08. The molecule has 3 aromatic carbocycles. The first kappa shape index (κ1) is 20.5. The molecule has 0 unspecified atom stereocenters. The van der Waals surface area contributed by atoms with Crippen LogP contribution in [0.4, 0.5) is 11.8 Å². The number of nitrogens with zero attached hydrogens (tertiary/aromatic N) is 2. The molecule has 0 radical (unpaired) electrons. The number of rotatable bonds is 9. The Morgan fingerprint density at radius 3 is 2.42 bits per heavy atom. The zero-order valence-electron chi connectivity index (χ0n) is 17.8. The van der Waals surface area contributed by atoms with E-state index in [9.17, 15) is 0 Å². The van der Waals surface area contributed by atoms with Gasteiger partial charge in [-0.05, 0) is 36.2 Å². The number of anilines is 2. The summed E-state index contributed by atoms with van der Waals surface area (Å²) in [6.07, 6.45) is 0.922. The van der Waals surface area contributed by atoms with Gasteiger partial charge in [-0.3, -0.25) is 0 Å². The van der Waals surface area contributed by atoms with E-state index in [0.717, 1.165) is 46.7 Å². The minimum absolute atomic E-state index is 0.537. The summed E-state index contributed by atoms with van der Waals surface area (Å²) in [7, 11) is 3.29. The zero-order valence-corrected chi connectivity index (χ0v) is 17.8. The highest BCUT2D eigenvalue weighted by Gasteiger charge is 2.09. The molecule has 158 valence electrons. The van der Waals surface area contributed by atoms with Gasteiger partial charge in [0.25, 0.3) is 0 Å². The van der Waals surface area contributed by atoms with Gasteiger partial charge in [-0.15, -0.1) is 0 Å². The SMILES string of the molecule is COc1ccc(CNc2nc(NCCc3ccccc3)c3ccccc3n2)c(OC)c1. The predicted octanol–water partition coefficient (Wildman–Crippen LogP) is 4.91. The first-order chi connectivity index (χ1) is 15.3. The van der Waals surface area contributed by atoms with Crippen molar-refractivity contribution in [3.8, 4) is 11.5 Å². The highest BCUT2D eigenvalue weighted by molar-refractivity contribution is 5.90. The number of fused-ring (bicyclic) bond motifs is 1. The maximum absolute atomic E-state index is 5.49. The average molecular weight is 415 g/mol. The lowest BCUT2D eigenvalue weighted by molar-refractivity contribution is 0.391. The molecule has 0 aliphatic carbocycles. The lowest BCUT2D eigenvalue weighted by Crippen LogP contribution is -2.10. The second-order valence-corrected chi connectivity index (χ2v) is 7.11. The van der Waals surface area contributed by atoms with Gasteiger partial charge in [0.1, 0.15) is 17.3 Å². The summed E-state index contributed by atoms with van der Waals surface area (Å²) in [5.41, 5.74) is 3.18. The first-order valence-corrected chi connectivity index (χ1v) is 10.3. The van der Waals surface area contributed by atoms with Crippen molar-refractivity contribution in [2.75, 3.05) is 31.4 Å². The Labute approximate surface area is 182 Å². The first-order valence-electron chi connectivity index (χ1n) is 10.3. The summed E-state index contributed by atoms with van der Waals surface area (Å²) in [6.45, 7) is 1.33. The predicted molar refractivity (Wildman–Crippen MR) is 125 cm³/mol. The average Bonchev–Trinajstić information content (AvgIpc) is 2.83. The molecule has 1 aromatic heterocycles. The van der Waals surface area contributed by atoms with E-state index in [4.69, 9.17) is 14.5 Å². The smallest absolute Gasteiger partial charge is 0.225 e. The lowest BCUT2D eigenvalue weighted by atomic mass is 10.1. The van der Waals surface area contributed by atoms with E-state index in [-0.39, 0.29) is 0 Å². The highest BCUT2D eigenvalue weighted by Crippen LogP contribution is 2.26. The largest absolute Gasteiger partial charge is 0.497 e. The van der Waals surface area contributed by atoms with Gasteiger partial charge >= 0.3 is 0 Å². The maximum atomic E-state index is 5.49. The van der Waals surface area contributed by atoms with Crippen molar-refractivity contribution in [2.24, 2.45) is 0 Å². The van der Waals surface area contributed by atoms with Gasteiger partial charge in [0.2, 0.25) is 5.95 Å². The summed E-state index contributed by atoms with van der Waals surface area (Å²) >= 11 is 0. The maximum Gasteiger partial charge on any atom is 0.225 e. The van der Waals surface area contributed by atoms with E-state index in [1.54, 1.807) is 14.2 Å². The molecule has 1 heterocycles. The minimum atomic E-state index is 0.537. The molecule has 4 rings (SSSR count). The number of ether oxygens (including phenoxy) is 2. The number of benzene rings is 3. The van der Waals surface area contributed by atoms with E-state index in [1.165, 1.54) is 5.56 Å². The number of nitrogens with one attached hydrogen (secondary N) is 2. The second kappa shape index (κ2) is 9.80. The fourth-order valence-corrected chi connectivity index (χ4v) is 3.43. The van der Waals surface area contributed by atoms with Crippen LogP contribution >= 0.6 is 0 Å². The van der Waals surface area contributed by atoms with Crippen LogP contribution in [-0.2, 0) is 13.0 Å². The van der Waals surface area contributed by atoms with Gasteiger partial charge in [-0.2, -0.15) is 4.98 Å².